The number of hydrogen-bond donors (Lipinski definition) is 1. The summed E-state index contributed by atoms with van der Waals surface area (Å²) in [6.45, 7) is 10.7. The van der Waals surface area contributed by atoms with Crippen LogP contribution in [0.4, 0.5) is 5.69 Å². The van der Waals surface area contributed by atoms with Crippen LogP contribution in [0.25, 0.3) is 0 Å². The maximum Gasteiger partial charge on any atom is 0.249 e. The average molecular weight is 664 g/mol. The van der Waals surface area contributed by atoms with Gasteiger partial charge in [-0.05, 0) is 61.6 Å². The van der Waals surface area contributed by atoms with Gasteiger partial charge in [0.2, 0.25) is 17.7 Å². The van der Waals surface area contributed by atoms with E-state index >= 15 is 0 Å². The number of aliphatic hydroxyl groups is 1. The highest BCUT2D eigenvalue weighted by atomic mass is 16.5. The Balaban J connectivity index is 1.40. The molecule has 9 heteroatoms. The normalized spacial score (nSPS) is 24.3. The summed E-state index contributed by atoms with van der Waals surface area (Å²) in [6.07, 6.45) is 4.13. The molecule has 3 aromatic carbocycles. The second-order valence-electron chi connectivity index (χ2n) is 13.0. The Morgan fingerprint density at radius 3 is 2.24 bits per heavy atom. The third-order valence-corrected chi connectivity index (χ3v) is 10.1. The van der Waals surface area contributed by atoms with E-state index in [4.69, 9.17) is 9.47 Å². The monoisotopic (exact) mass is 663 g/mol. The van der Waals surface area contributed by atoms with Gasteiger partial charge in [0, 0.05) is 25.3 Å². The Kier molecular flexibility index (Phi) is 10.3. The molecule has 6 rings (SSSR count). The van der Waals surface area contributed by atoms with E-state index in [1.165, 1.54) is 0 Å². The molecule has 0 aliphatic carbocycles. The van der Waals surface area contributed by atoms with Crippen molar-refractivity contribution in [1.29, 1.82) is 0 Å². The first-order valence-electron chi connectivity index (χ1n) is 17.1. The van der Waals surface area contributed by atoms with Gasteiger partial charge in [0.05, 0.1) is 37.2 Å². The van der Waals surface area contributed by atoms with Crippen LogP contribution in [0.5, 0.6) is 5.75 Å². The molecule has 3 aromatic rings. The second kappa shape index (κ2) is 14.8. The van der Waals surface area contributed by atoms with E-state index in [0.717, 1.165) is 11.1 Å². The molecule has 3 heterocycles. The number of ether oxygens (including phenoxy) is 2. The molecule has 3 aliphatic rings. The van der Waals surface area contributed by atoms with E-state index in [1.54, 1.807) is 26.9 Å². The van der Waals surface area contributed by atoms with Crippen LogP contribution in [0.15, 0.2) is 110 Å². The zero-order valence-electron chi connectivity index (χ0n) is 28.0. The molecule has 3 fully saturated rings. The number of carbonyl (C=O) groups excluding carboxylic acids is 3. The number of anilines is 1. The summed E-state index contributed by atoms with van der Waals surface area (Å²) < 4.78 is 12.4. The summed E-state index contributed by atoms with van der Waals surface area (Å²) in [4.78, 5) is 49.3. The fourth-order valence-corrected chi connectivity index (χ4v) is 8.07. The molecule has 256 valence electrons. The third-order valence-electron chi connectivity index (χ3n) is 10.1. The Labute approximate surface area is 288 Å². The lowest BCUT2D eigenvalue weighted by molar-refractivity contribution is -0.151. The van der Waals surface area contributed by atoms with E-state index in [-0.39, 0.29) is 37.4 Å². The molecular formula is C40H45N3O6. The number of rotatable bonds is 15. The summed E-state index contributed by atoms with van der Waals surface area (Å²) >= 11 is 0. The van der Waals surface area contributed by atoms with Crippen molar-refractivity contribution in [2.24, 2.45) is 11.8 Å². The molecule has 1 N–H and O–H groups in total. The number of amides is 3. The van der Waals surface area contributed by atoms with Crippen molar-refractivity contribution in [2.75, 3.05) is 31.2 Å². The Morgan fingerprint density at radius 1 is 0.980 bits per heavy atom. The summed E-state index contributed by atoms with van der Waals surface area (Å²) in [5, 5.41) is 10.8. The summed E-state index contributed by atoms with van der Waals surface area (Å²) in [5.74, 6) is -1.89. The summed E-state index contributed by atoms with van der Waals surface area (Å²) in [6, 6.07) is 24.8. The number of benzene rings is 3. The summed E-state index contributed by atoms with van der Waals surface area (Å²) in [7, 11) is 0. The van der Waals surface area contributed by atoms with Gasteiger partial charge in [-0.2, -0.15) is 0 Å². The molecular weight excluding hydrogens is 618 g/mol. The summed E-state index contributed by atoms with van der Waals surface area (Å²) in [5.41, 5.74) is 1.29. The number of likely N-dealkylation sites (tertiary alicyclic amines) is 1. The van der Waals surface area contributed by atoms with Crippen molar-refractivity contribution in [3.05, 3.63) is 121 Å². The van der Waals surface area contributed by atoms with Crippen LogP contribution < -0.4 is 9.64 Å². The fraction of sp³-hybridized carbons (Fsp3) is 0.375. The van der Waals surface area contributed by atoms with Crippen LogP contribution in [-0.4, -0.2) is 82.7 Å². The smallest absolute Gasteiger partial charge is 0.249 e. The van der Waals surface area contributed by atoms with E-state index in [2.05, 4.69) is 13.2 Å². The maximum absolute atomic E-state index is 14.9. The Bertz CT molecular complexity index is 1650. The van der Waals surface area contributed by atoms with Crippen molar-refractivity contribution in [2.45, 2.75) is 56.5 Å². The second-order valence-corrected chi connectivity index (χ2v) is 13.0. The minimum absolute atomic E-state index is 0.230. The molecule has 3 saturated heterocycles. The predicted molar refractivity (Wildman–Crippen MR) is 188 cm³/mol. The van der Waals surface area contributed by atoms with Gasteiger partial charge in [0.15, 0.2) is 0 Å². The average Bonchev–Trinajstić information content (AvgIpc) is 3.77. The lowest BCUT2D eigenvalue weighted by Gasteiger charge is -2.39. The number of aliphatic hydroxyl groups excluding tert-OH is 1. The molecule has 3 amide bonds. The Hall–Kier alpha value is -4.73. The molecule has 2 unspecified atom stereocenters. The first kappa shape index (κ1) is 34.1. The van der Waals surface area contributed by atoms with Crippen LogP contribution in [0.3, 0.4) is 0 Å². The van der Waals surface area contributed by atoms with E-state index in [0.29, 0.717) is 43.9 Å². The number of hydrogen-bond acceptors (Lipinski definition) is 6. The van der Waals surface area contributed by atoms with Gasteiger partial charge in [-0.1, -0.05) is 72.8 Å². The molecule has 49 heavy (non-hydrogen) atoms. The molecule has 9 nitrogen and oxygen atoms in total. The molecule has 6 atom stereocenters. The van der Waals surface area contributed by atoms with Crippen molar-refractivity contribution < 1.29 is 29.0 Å². The maximum atomic E-state index is 14.9. The topological polar surface area (TPSA) is 99.6 Å². The van der Waals surface area contributed by atoms with Crippen molar-refractivity contribution in [3.63, 3.8) is 0 Å². The number of carbonyl (C=O) groups is 3. The third kappa shape index (κ3) is 6.40. The highest BCUT2D eigenvalue weighted by Gasteiger charge is 2.75. The standard InChI is InChI=1S/C40H45N3O6/c1-4-23-41(26-29-15-11-8-12-16-29)39(47)36-40-22-21-33(49-40)34(37(45)42(24-5-2)30-17-19-32(20-18-30)48-6-3)35(40)38(46)43(36)31(27-44)25-28-13-9-7-10-14-28/h4-5,7-20,31,33-36,44H,1-2,6,21-27H2,3H3/t31-,33-,34+,35+,36?,40?/m1/s1. The zero-order valence-corrected chi connectivity index (χ0v) is 28.0. The number of nitrogens with zero attached hydrogens (tertiary/aromatic N) is 3. The first-order chi connectivity index (χ1) is 23.9. The van der Waals surface area contributed by atoms with Gasteiger partial charge < -0.3 is 29.3 Å². The molecule has 0 aromatic heterocycles. The zero-order chi connectivity index (χ0) is 34.5. The van der Waals surface area contributed by atoms with Gasteiger partial charge in [0.25, 0.3) is 0 Å². The van der Waals surface area contributed by atoms with E-state index in [1.807, 2.05) is 91.9 Å². The van der Waals surface area contributed by atoms with Crippen molar-refractivity contribution in [3.8, 4) is 5.75 Å². The van der Waals surface area contributed by atoms with Crippen molar-refractivity contribution >= 4 is 23.4 Å². The SMILES string of the molecule is C=CCN(Cc1ccccc1)C(=O)C1N([C@@H](CO)Cc2ccccc2)C(=O)[C@@H]2[C@@H](C(=O)N(CC=C)c3ccc(OCC)cc3)[C@H]3CCC12O3. The van der Waals surface area contributed by atoms with Crippen LogP contribution in [-0.2, 0) is 32.1 Å². The molecule has 3 aliphatic heterocycles. The Morgan fingerprint density at radius 2 is 1.63 bits per heavy atom. The minimum Gasteiger partial charge on any atom is -0.494 e. The van der Waals surface area contributed by atoms with E-state index in [9.17, 15) is 19.5 Å². The van der Waals surface area contributed by atoms with E-state index < -0.39 is 35.6 Å². The minimum atomic E-state index is -1.22. The molecule has 0 saturated carbocycles. The van der Waals surface area contributed by atoms with Crippen LogP contribution in [0.1, 0.15) is 30.9 Å². The molecule has 0 radical (unpaired) electrons. The van der Waals surface area contributed by atoms with Gasteiger partial charge in [-0.15, -0.1) is 13.2 Å². The largest absolute Gasteiger partial charge is 0.494 e. The highest BCUT2D eigenvalue weighted by molar-refractivity contribution is 6.03. The lowest BCUT2D eigenvalue weighted by Crippen LogP contribution is -2.59. The highest BCUT2D eigenvalue weighted by Crippen LogP contribution is 2.59. The van der Waals surface area contributed by atoms with Crippen LogP contribution in [0, 0.1) is 11.8 Å². The lowest BCUT2D eigenvalue weighted by atomic mass is 9.70. The van der Waals surface area contributed by atoms with Gasteiger partial charge in [0.1, 0.15) is 17.4 Å². The first-order valence-corrected chi connectivity index (χ1v) is 17.1. The predicted octanol–water partition coefficient (Wildman–Crippen LogP) is 4.80. The van der Waals surface area contributed by atoms with Gasteiger partial charge >= 0.3 is 0 Å². The number of fused-ring (bicyclic) bond motifs is 1. The molecule has 2 bridgehead atoms. The van der Waals surface area contributed by atoms with Gasteiger partial charge in [-0.25, -0.2) is 0 Å². The van der Waals surface area contributed by atoms with Crippen molar-refractivity contribution in [1.82, 2.24) is 9.80 Å². The quantitative estimate of drug-likeness (QED) is 0.235. The molecule has 1 spiro atoms. The van der Waals surface area contributed by atoms with Crippen LogP contribution >= 0.6 is 0 Å². The van der Waals surface area contributed by atoms with Gasteiger partial charge in [-0.3, -0.25) is 14.4 Å². The fourth-order valence-electron chi connectivity index (χ4n) is 8.07. The van der Waals surface area contributed by atoms with Crippen LogP contribution in [0.2, 0.25) is 0 Å².